The summed E-state index contributed by atoms with van der Waals surface area (Å²) in [5.41, 5.74) is 1.67. The standard InChI is InChI=1S/C21H22N2O3/c1-25-17-10-11-20(26-2)18(14-17)22-21(24)15-19(23-12-6-7-13-23)16-8-4-3-5-9-16/h3-14,19H,15H2,1-2H3,(H,22,24). The van der Waals surface area contributed by atoms with Gasteiger partial charge in [-0.15, -0.1) is 0 Å². The van der Waals surface area contributed by atoms with E-state index in [-0.39, 0.29) is 11.9 Å². The normalized spacial score (nSPS) is 11.6. The zero-order valence-electron chi connectivity index (χ0n) is 14.9. The lowest BCUT2D eigenvalue weighted by molar-refractivity contribution is -0.116. The van der Waals surface area contributed by atoms with Gasteiger partial charge in [0.05, 0.1) is 32.4 Å². The Labute approximate surface area is 153 Å². The van der Waals surface area contributed by atoms with E-state index in [2.05, 4.69) is 5.32 Å². The summed E-state index contributed by atoms with van der Waals surface area (Å²) in [4.78, 5) is 12.7. The van der Waals surface area contributed by atoms with Gasteiger partial charge in [-0.1, -0.05) is 30.3 Å². The Morgan fingerprint density at radius 2 is 1.73 bits per heavy atom. The number of benzene rings is 2. The molecule has 0 aliphatic carbocycles. The van der Waals surface area contributed by atoms with Crippen molar-refractivity contribution in [2.75, 3.05) is 19.5 Å². The summed E-state index contributed by atoms with van der Waals surface area (Å²) in [6, 6.07) is 19.1. The van der Waals surface area contributed by atoms with Gasteiger partial charge in [0, 0.05) is 18.5 Å². The van der Waals surface area contributed by atoms with Crippen molar-refractivity contribution in [3.63, 3.8) is 0 Å². The predicted molar refractivity (Wildman–Crippen MR) is 102 cm³/mol. The third kappa shape index (κ3) is 4.06. The molecule has 1 N–H and O–H groups in total. The Morgan fingerprint density at radius 1 is 1.00 bits per heavy atom. The van der Waals surface area contributed by atoms with Crippen molar-refractivity contribution in [3.05, 3.63) is 78.6 Å². The fourth-order valence-electron chi connectivity index (χ4n) is 2.91. The highest BCUT2D eigenvalue weighted by atomic mass is 16.5. The van der Waals surface area contributed by atoms with Crippen LogP contribution in [-0.2, 0) is 4.79 Å². The van der Waals surface area contributed by atoms with Crippen LogP contribution in [0.4, 0.5) is 5.69 Å². The molecule has 1 amide bonds. The van der Waals surface area contributed by atoms with Gasteiger partial charge in [-0.25, -0.2) is 0 Å². The topological polar surface area (TPSA) is 52.5 Å². The lowest BCUT2D eigenvalue weighted by atomic mass is 10.0. The molecule has 1 unspecified atom stereocenters. The maximum atomic E-state index is 12.7. The molecule has 5 nitrogen and oxygen atoms in total. The van der Waals surface area contributed by atoms with Gasteiger partial charge in [-0.3, -0.25) is 4.79 Å². The largest absolute Gasteiger partial charge is 0.497 e. The van der Waals surface area contributed by atoms with E-state index in [4.69, 9.17) is 9.47 Å². The number of carbonyl (C=O) groups is 1. The van der Waals surface area contributed by atoms with E-state index in [1.54, 1.807) is 32.4 Å². The quantitative estimate of drug-likeness (QED) is 0.697. The Hall–Kier alpha value is -3.21. The molecule has 1 atom stereocenters. The van der Waals surface area contributed by atoms with Crippen LogP contribution in [0.2, 0.25) is 0 Å². The number of hydrogen-bond acceptors (Lipinski definition) is 3. The molecule has 0 fully saturated rings. The molecule has 1 aromatic heterocycles. The van der Waals surface area contributed by atoms with Crippen molar-refractivity contribution in [1.82, 2.24) is 4.57 Å². The SMILES string of the molecule is COc1ccc(OC)c(NC(=O)CC(c2ccccc2)n2cccc2)c1. The van der Waals surface area contributed by atoms with Crippen molar-refractivity contribution in [2.24, 2.45) is 0 Å². The highest BCUT2D eigenvalue weighted by molar-refractivity contribution is 5.93. The minimum atomic E-state index is -0.0980. The van der Waals surface area contributed by atoms with Gasteiger partial charge in [-0.05, 0) is 29.8 Å². The smallest absolute Gasteiger partial charge is 0.226 e. The monoisotopic (exact) mass is 350 g/mol. The van der Waals surface area contributed by atoms with Crippen molar-refractivity contribution < 1.29 is 14.3 Å². The number of nitrogens with one attached hydrogen (secondary N) is 1. The summed E-state index contributed by atoms with van der Waals surface area (Å²) in [5.74, 6) is 1.15. The fraction of sp³-hybridized carbons (Fsp3) is 0.190. The molecule has 0 saturated carbocycles. The number of aromatic nitrogens is 1. The lowest BCUT2D eigenvalue weighted by Gasteiger charge is -2.20. The molecule has 3 aromatic rings. The van der Waals surface area contributed by atoms with Crippen LogP contribution in [0.5, 0.6) is 11.5 Å². The summed E-state index contributed by atoms with van der Waals surface area (Å²) >= 11 is 0. The summed E-state index contributed by atoms with van der Waals surface area (Å²) in [6.07, 6.45) is 4.24. The van der Waals surface area contributed by atoms with Crippen molar-refractivity contribution in [1.29, 1.82) is 0 Å². The number of nitrogens with zero attached hydrogens (tertiary/aromatic N) is 1. The number of hydrogen-bond donors (Lipinski definition) is 1. The summed E-state index contributed by atoms with van der Waals surface area (Å²) in [6.45, 7) is 0. The highest BCUT2D eigenvalue weighted by Gasteiger charge is 2.18. The van der Waals surface area contributed by atoms with Crippen LogP contribution >= 0.6 is 0 Å². The Morgan fingerprint density at radius 3 is 2.38 bits per heavy atom. The average Bonchev–Trinajstić information content (AvgIpc) is 3.21. The first-order chi connectivity index (χ1) is 12.7. The van der Waals surface area contributed by atoms with Crippen LogP contribution < -0.4 is 14.8 Å². The third-order valence-electron chi connectivity index (χ3n) is 4.23. The van der Waals surface area contributed by atoms with E-state index in [1.165, 1.54) is 0 Å². The third-order valence-corrected chi connectivity index (χ3v) is 4.23. The predicted octanol–water partition coefficient (Wildman–Crippen LogP) is 4.12. The Balaban J connectivity index is 1.81. The Kier molecular flexibility index (Phi) is 5.59. The van der Waals surface area contributed by atoms with Gasteiger partial charge in [-0.2, -0.15) is 0 Å². The van der Waals surface area contributed by atoms with E-state index in [9.17, 15) is 4.79 Å². The zero-order chi connectivity index (χ0) is 18.4. The molecule has 26 heavy (non-hydrogen) atoms. The maximum Gasteiger partial charge on any atom is 0.226 e. The van der Waals surface area contributed by atoms with Crippen LogP contribution in [0, 0.1) is 0 Å². The molecule has 0 radical (unpaired) electrons. The molecule has 0 spiro atoms. The number of methoxy groups -OCH3 is 2. The van der Waals surface area contributed by atoms with Gasteiger partial charge in [0.25, 0.3) is 0 Å². The second-order valence-corrected chi connectivity index (χ2v) is 5.88. The van der Waals surface area contributed by atoms with Crippen molar-refractivity contribution in [3.8, 4) is 11.5 Å². The van der Waals surface area contributed by atoms with E-state index in [1.807, 2.05) is 59.4 Å². The highest BCUT2D eigenvalue weighted by Crippen LogP contribution is 2.30. The molecule has 3 rings (SSSR count). The molecule has 2 aromatic carbocycles. The van der Waals surface area contributed by atoms with E-state index in [0.29, 0.717) is 23.6 Å². The zero-order valence-corrected chi connectivity index (χ0v) is 14.9. The van der Waals surface area contributed by atoms with Gasteiger partial charge in [0.1, 0.15) is 11.5 Å². The summed E-state index contributed by atoms with van der Waals surface area (Å²) in [7, 11) is 3.16. The molecule has 0 saturated heterocycles. The average molecular weight is 350 g/mol. The van der Waals surface area contributed by atoms with Crippen LogP contribution in [0.25, 0.3) is 0 Å². The van der Waals surface area contributed by atoms with Crippen molar-refractivity contribution >= 4 is 11.6 Å². The second kappa shape index (κ2) is 8.25. The molecule has 1 heterocycles. The van der Waals surface area contributed by atoms with Crippen LogP contribution in [0.3, 0.4) is 0 Å². The molecule has 5 heteroatoms. The van der Waals surface area contributed by atoms with Gasteiger partial charge in [0.2, 0.25) is 5.91 Å². The van der Waals surface area contributed by atoms with Crippen LogP contribution in [-0.4, -0.2) is 24.7 Å². The van der Waals surface area contributed by atoms with E-state index >= 15 is 0 Å². The second-order valence-electron chi connectivity index (χ2n) is 5.88. The number of carbonyl (C=O) groups excluding carboxylic acids is 1. The number of anilines is 1. The molecule has 134 valence electrons. The summed E-state index contributed by atoms with van der Waals surface area (Å²) in [5, 5.41) is 2.94. The first-order valence-electron chi connectivity index (χ1n) is 8.40. The lowest BCUT2D eigenvalue weighted by Crippen LogP contribution is -2.20. The summed E-state index contributed by atoms with van der Waals surface area (Å²) < 4.78 is 12.6. The first-order valence-corrected chi connectivity index (χ1v) is 8.40. The van der Waals surface area contributed by atoms with Crippen LogP contribution in [0.15, 0.2) is 73.1 Å². The molecular weight excluding hydrogens is 328 g/mol. The number of rotatable bonds is 7. The van der Waals surface area contributed by atoms with Gasteiger partial charge < -0.3 is 19.4 Å². The van der Waals surface area contributed by atoms with Crippen molar-refractivity contribution in [2.45, 2.75) is 12.5 Å². The number of amides is 1. The number of ether oxygens (including phenoxy) is 2. The minimum Gasteiger partial charge on any atom is -0.497 e. The molecule has 0 bridgehead atoms. The minimum absolute atomic E-state index is 0.0807. The molecule has 0 aliphatic heterocycles. The molecular formula is C21H22N2O3. The fourth-order valence-corrected chi connectivity index (χ4v) is 2.91. The van der Waals surface area contributed by atoms with Gasteiger partial charge >= 0.3 is 0 Å². The van der Waals surface area contributed by atoms with Gasteiger partial charge in [0.15, 0.2) is 0 Å². The van der Waals surface area contributed by atoms with E-state index < -0.39 is 0 Å². The van der Waals surface area contributed by atoms with Crippen LogP contribution in [0.1, 0.15) is 18.0 Å². The maximum absolute atomic E-state index is 12.7. The first kappa shape index (κ1) is 17.6. The Bertz CT molecular complexity index is 845. The molecule has 0 aliphatic rings. The van der Waals surface area contributed by atoms with E-state index in [0.717, 1.165) is 5.56 Å².